The smallest absolute Gasteiger partial charge is 0.366 e. The number of amides is 1. The minimum atomic E-state index is -4.77. The van der Waals surface area contributed by atoms with Crippen LogP contribution in [0.1, 0.15) is 45.0 Å². The number of carbonyl (C=O) groups is 1. The van der Waals surface area contributed by atoms with Crippen LogP contribution in [0, 0.1) is 35.3 Å². The van der Waals surface area contributed by atoms with E-state index in [9.17, 15) is 31.5 Å². The maximum atomic E-state index is 14.6. The van der Waals surface area contributed by atoms with Crippen molar-refractivity contribution in [2.24, 2.45) is 12.8 Å². The summed E-state index contributed by atoms with van der Waals surface area (Å²) in [5, 5.41) is 3.65. The van der Waals surface area contributed by atoms with Crippen molar-refractivity contribution >= 4 is 11.4 Å². The number of primary amides is 1. The maximum absolute atomic E-state index is 14.6. The van der Waals surface area contributed by atoms with E-state index >= 15 is 0 Å². The topological polar surface area (TPSA) is 82.4 Å². The van der Waals surface area contributed by atoms with E-state index in [0.717, 1.165) is 28.9 Å². The quantitative estimate of drug-likeness (QED) is 0.324. The van der Waals surface area contributed by atoms with Crippen LogP contribution < -0.4 is 11.3 Å². The number of fused-ring (bicyclic) bond motifs is 1. The van der Waals surface area contributed by atoms with Crippen molar-refractivity contribution in [1.29, 1.82) is 0 Å². The van der Waals surface area contributed by atoms with Crippen molar-refractivity contribution in [3.8, 4) is 23.7 Å². The fourth-order valence-electron chi connectivity index (χ4n) is 3.96. The number of nitrogens with zero attached hydrogens (tertiary/aromatic N) is 3. The molecule has 38 heavy (non-hydrogen) atoms. The second kappa shape index (κ2) is 10.2. The highest BCUT2D eigenvalue weighted by Gasteiger charge is 2.36. The summed E-state index contributed by atoms with van der Waals surface area (Å²) >= 11 is 0. The standard InChI is InChI=1S/C27H17F5N4O2/c1-35-12-5-8-20(26(35)38)17(21-14-16(28)9-10-23(21)29)6-3-2-4-7-18-19(25(33)37)11-13-36-24(18)22(15-34-36)27(30,31)32/h5,8-15,17H,6H2,1H3,(H2,33,37). The number of halogens is 5. The van der Waals surface area contributed by atoms with Gasteiger partial charge in [-0.2, -0.15) is 18.3 Å². The third-order valence-electron chi connectivity index (χ3n) is 5.76. The van der Waals surface area contributed by atoms with E-state index < -0.39 is 46.3 Å². The molecule has 6 nitrogen and oxygen atoms in total. The van der Waals surface area contributed by atoms with Gasteiger partial charge in [0.1, 0.15) is 17.2 Å². The van der Waals surface area contributed by atoms with E-state index in [1.807, 2.05) is 0 Å². The van der Waals surface area contributed by atoms with Crippen LogP contribution in [0.5, 0.6) is 0 Å². The molecule has 0 aliphatic rings. The number of rotatable bonds is 4. The summed E-state index contributed by atoms with van der Waals surface area (Å²) in [5.41, 5.74) is 2.82. The average molecular weight is 524 g/mol. The van der Waals surface area contributed by atoms with Gasteiger partial charge in [0.25, 0.3) is 5.56 Å². The normalized spacial score (nSPS) is 11.8. The van der Waals surface area contributed by atoms with Gasteiger partial charge in [-0.15, -0.1) is 0 Å². The lowest BCUT2D eigenvalue weighted by atomic mass is 9.89. The van der Waals surface area contributed by atoms with Crippen molar-refractivity contribution in [3.63, 3.8) is 0 Å². The number of alkyl halides is 3. The monoisotopic (exact) mass is 524 g/mol. The van der Waals surface area contributed by atoms with E-state index in [1.165, 1.54) is 29.9 Å². The van der Waals surface area contributed by atoms with Crippen molar-refractivity contribution in [1.82, 2.24) is 14.2 Å². The minimum absolute atomic E-state index is 0.0922. The third-order valence-corrected chi connectivity index (χ3v) is 5.76. The highest BCUT2D eigenvalue weighted by Crippen LogP contribution is 2.34. The lowest BCUT2D eigenvalue weighted by Crippen LogP contribution is -2.23. The molecule has 1 aromatic carbocycles. The van der Waals surface area contributed by atoms with Crippen molar-refractivity contribution in [2.45, 2.75) is 18.5 Å². The van der Waals surface area contributed by atoms with Crippen LogP contribution in [0.4, 0.5) is 22.0 Å². The lowest BCUT2D eigenvalue weighted by molar-refractivity contribution is -0.136. The first-order valence-electron chi connectivity index (χ1n) is 11.0. The lowest BCUT2D eigenvalue weighted by Gasteiger charge is -2.16. The molecular formula is C27H17F5N4O2. The summed E-state index contributed by atoms with van der Waals surface area (Å²) < 4.78 is 71.3. The van der Waals surface area contributed by atoms with Gasteiger partial charge in [0, 0.05) is 37.3 Å². The Morgan fingerprint density at radius 2 is 1.87 bits per heavy atom. The number of hydrogen-bond acceptors (Lipinski definition) is 3. The molecule has 3 heterocycles. The first kappa shape index (κ1) is 26.2. The van der Waals surface area contributed by atoms with Crippen molar-refractivity contribution < 1.29 is 26.7 Å². The Morgan fingerprint density at radius 1 is 1.11 bits per heavy atom. The average Bonchev–Trinajstić information content (AvgIpc) is 3.30. The predicted molar refractivity (Wildman–Crippen MR) is 128 cm³/mol. The summed E-state index contributed by atoms with van der Waals surface area (Å²) in [6.07, 6.45) is -1.67. The van der Waals surface area contributed by atoms with E-state index in [0.29, 0.717) is 6.20 Å². The molecule has 1 atom stereocenters. The molecule has 1 unspecified atom stereocenters. The Bertz CT molecular complexity index is 1750. The molecule has 0 fully saturated rings. The number of pyridine rings is 2. The van der Waals surface area contributed by atoms with Crippen LogP contribution in [0.15, 0.2) is 59.8 Å². The van der Waals surface area contributed by atoms with E-state index in [-0.39, 0.29) is 28.7 Å². The van der Waals surface area contributed by atoms with Gasteiger partial charge in [0.05, 0.1) is 22.8 Å². The molecule has 0 aliphatic carbocycles. The van der Waals surface area contributed by atoms with Crippen LogP contribution in [-0.2, 0) is 13.2 Å². The molecule has 192 valence electrons. The van der Waals surface area contributed by atoms with Crippen LogP contribution >= 0.6 is 0 Å². The molecule has 3 aromatic heterocycles. The number of aromatic nitrogens is 3. The Balaban J connectivity index is 1.78. The van der Waals surface area contributed by atoms with E-state index in [1.54, 1.807) is 6.07 Å². The molecular weight excluding hydrogens is 507 g/mol. The molecule has 0 saturated heterocycles. The van der Waals surface area contributed by atoms with E-state index in [4.69, 9.17) is 5.73 Å². The largest absolute Gasteiger partial charge is 0.420 e. The molecule has 0 saturated carbocycles. The fraction of sp³-hybridized carbons (Fsp3) is 0.148. The highest BCUT2D eigenvalue weighted by molar-refractivity contribution is 5.98. The summed E-state index contributed by atoms with van der Waals surface area (Å²) in [5.74, 6) is 6.54. The molecule has 4 aromatic rings. The van der Waals surface area contributed by atoms with Crippen LogP contribution in [0.25, 0.3) is 5.52 Å². The number of nitrogens with two attached hydrogens (primary N) is 1. The zero-order valence-corrected chi connectivity index (χ0v) is 19.6. The molecule has 0 aliphatic heterocycles. The van der Waals surface area contributed by atoms with Crippen molar-refractivity contribution in [2.75, 3.05) is 0 Å². The Morgan fingerprint density at radius 3 is 2.58 bits per heavy atom. The molecule has 2 N–H and O–H groups in total. The first-order chi connectivity index (χ1) is 18.0. The van der Waals surface area contributed by atoms with Gasteiger partial charge in [-0.3, -0.25) is 9.59 Å². The SMILES string of the molecule is Cn1cccc(C(CC#CC#Cc2c(C(N)=O)ccn3ncc(C(F)(F)F)c23)c2cc(F)ccc2F)c1=O. The molecule has 11 heteroatoms. The zero-order chi connectivity index (χ0) is 27.6. The van der Waals surface area contributed by atoms with Gasteiger partial charge in [0.15, 0.2) is 0 Å². The second-order valence-electron chi connectivity index (χ2n) is 8.17. The number of aryl methyl sites for hydroxylation is 1. The van der Waals surface area contributed by atoms with Crippen LogP contribution in [0.3, 0.4) is 0 Å². The second-order valence-corrected chi connectivity index (χ2v) is 8.17. The molecule has 4 rings (SSSR count). The van der Waals surface area contributed by atoms with Crippen LogP contribution in [0.2, 0.25) is 0 Å². The third kappa shape index (κ3) is 5.13. The van der Waals surface area contributed by atoms with Gasteiger partial charge in [-0.05, 0) is 53.7 Å². The molecule has 0 radical (unpaired) electrons. The minimum Gasteiger partial charge on any atom is -0.366 e. The highest BCUT2D eigenvalue weighted by atomic mass is 19.4. The summed E-state index contributed by atoms with van der Waals surface area (Å²) in [6.45, 7) is 0. The van der Waals surface area contributed by atoms with Crippen molar-refractivity contribution in [3.05, 3.63) is 105 Å². The predicted octanol–water partition coefficient (Wildman–Crippen LogP) is 4.01. The zero-order valence-electron chi connectivity index (χ0n) is 19.6. The number of hydrogen-bond donors (Lipinski definition) is 1. The molecule has 1 amide bonds. The Labute approximate surface area is 212 Å². The molecule has 0 spiro atoms. The number of benzene rings is 1. The Hall–Kier alpha value is -4.90. The summed E-state index contributed by atoms with van der Waals surface area (Å²) in [4.78, 5) is 24.6. The first-order valence-corrected chi connectivity index (χ1v) is 11.0. The summed E-state index contributed by atoms with van der Waals surface area (Å²) in [6, 6.07) is 7.09. The molecule has 0 bridgehead atoms. The van der Waals surface area contributed by atoms with E-state index in [2.05, 4.69) is 28.8 Å². The fourth-order valence-corrected chi connectivity index (χ4v) is 3.96. The number of carbonyl (C=O) groups excluding carboxylic acids is 1. The van der Waals surface area contributed by atoms with Gasteiger partial charge in [-0.1, -0.05) is 12.0 Å². The summed E-state index contributed by atoms with van der Waals surface area (Å²) in [7, 11) is 1.50. The van der Waals surface area contributed by atoms with Gasteiger partial charge in [0.2, 0.25) is 5.91 Å². The van der Waals surface area contributed by atoms with Crippen LogP contribution in [-0.4, -0.2) is 20.1 Å². The van der Waals surface area contributed by atoms with Gasteiger partial charge >= 0.3 is 6.18 Å². The Kier molecular flexibility index (Phi) is 7.04. The maximum Gasteiger partial charge on any atom is 0.420 e. The van der Waals surface area contributed by atoms with Gasteiger partial charge < -0.3 is 10.3 Å². The van der Waals surface area contributed by atoms with Gasteiger partial charge in [-0.25, -0.2) is 13.3 Å².